The van der Waals surface area contributed by atoms with Crippen LogP contribution in [0.2, 0.25) is 0 Å². The van der Waals surface area contributed by atoms with Crippen molar-refractivity contribution in [3.63, 3.8) is 0 Å². The molecule has 0 aromatic carbocycles. The minimum atomic E-state index is -0.368. The summed E-state index contributed by atoms with van der Waals surface area (Å²) in [5.74, 6) is 0.352. The number of ketones is 1. The van der Waals surface area contributed by atoms with Gasteiger partial charge in [0.15, 0.2) is 5.78 Å². The van der Waals surface area contributed by atoms with Crippen LogP contribution in [0.15, 0.2) is 12.2 Å². The summed E-state index contributed by atoms with van der Waals surface area (Å²) in [5.41, 5.74) is -0.0884. The highest BCUT2D eigenvalue weighted by atomic mass is 16.5. The van der Waals surface area contributed by atoms with Crippen LogP contribution in [-0.2, 0) is 9.53 Å². The topological polar surface area (TPSA) is 87.0 Å². The van der Waals surface area contributed by atoms with Crippen LogP contribution >= 0.6 is 0 Å². The third-order valence-electron chi connectivity index (χ3n) is 6.71. The average molecular weight is 397 g/mol. The number of hydrogen-bond donors (Lipinski definition) is 3. The highest BCUT2D eigenvalue weighted by Gasteiger charge is 2.47. The van der Waals surface area contributed by atoms with Crippen LogP contribution in [0, 0.1) is 17.3 Å². The fraction of sp³-hybridized carbons (Fsp3) is 0.870. The number of ether oxygens (including phenoxy) is 1. The first-order chi connectivity index (χ1) is 13.3. The van der Waals surface area contributed by atoms with E-state index in [1.807, 2.05) is 6.08 Å². The standard InChI is InChI=1S/C23H40O5/c1-4-12-23(2,3)22(27)11-7-10-18-19-13-17(28-21(19)14-20(18)26)9-6-5-8-16(25)15-24/h7,10,17-22,24,26-27H,4-6,8-9,11-15H2,1-3H3/t17-,18+,19+,20+,21+,22?/m0/s1. The number of rotatable bonds is 12. The molecule has 0 aromatic rings. The van der Waals surface area contributed by atoms with E-state index in [1.54, 1.807) is 0 Å². The molecule has 3 N–H and O–H groups in total. The number of hydrogen-bond acceptors (Lipinski definition) is 5. The van der Waals surface area contributed by atoms with Gasteiger partial charge in [-0.2, -0.15) is 0 Å². The smallest absolute Gasteiger partial charge is 0.158 e. The van der Waals surface area contributed by atoms with Crippen LogP contribution in [0.4, 0.5) is 0 Å². The molecule has 1 heterocycles. The molecule has 1 saturated heterocycles. The number of carbonyl (C=O) groups is 1. The molecule has 0 radical (unpaired) electrons. The fourth-order valence-corrected chi connectivity index (χ4v) is 4.90. The largest absolute Gasteiger partial charge is 0.392 e. The quantitative estimate of drug-likeness (QED) is 0.348. The van der Waals surface area contributed by atoms with E-state index >= 15 is 0 Å². The minimum absolute atomic E-state index is 0.0884. The van der Waals surface area contributed by atoms with Crippen molar-refractivity contribution in [3.8, 4) is 0 Å². The fourth-order valence-electron chi connectivity index (χ4n) is 4.90. The molecule has 5 heteroatoms. The molecular weight excluding hydrogens is 356 g/mol. The molecule has 6 atom stereocenters. The van der Waals surface area contributed by atoms with E-state index in [9.17, 15) is 15.0 Å². The number of unbranched alkanes of at least 4 members (excludes halogenated alkanes) is 1. The second kappa shape index (κ2) is 10.9. The second-order valence-corrected chi connectivity index (χ2v) is 9.44. The highest BCUT2D eigenvalue weighted by Crippen LogP contribution is 2.45. The second-order valence-electron chi connectivity index (χ2n) is 9.44. The molecule has 1 aliphatic heterocycles. The van der Waals surface area contributed by atoms with Crippen molar-refractivity contribution >= 4 is 5.78 Å². The maximum atomic E-state index is 11.2. The number of aliphatic hydroxyl groups is 3. The number of aliphatic hydroxyl groups excluding tert-OH is 3. The number of Topliss-reactive ketones (excluding diaryl/α,β-unsaturated/α-hetero) is 1. The summed E-state index contributed by atoms with van der Waals surface area (Å²) in [4.78, 5) is 11.2. The van der Waals surface area contributed by atoms with E-state index in [0.29, 0.717) is 25.2 Å². The predicted molar refractivity (Wildman–Crippen MR) is 110 cm³/mol. The van der Waals surface area contributed by atoms with Crippen molar-refractivity contribution in [1.82, 2.24) is 0 Å². The molecule has 2 aliphatic rings. The molecule has 5 nitrogen and oxygen atoms in total. The van der Waals surface area contributed by atoms with E-state index in [2.05, 4.69) is 26.8 Å². The van der Waals surface area contributed by atoms with Crippen molar-refractivity contribution in [2.75, 3.05) is 6.61 Å². The Bertz CT molecular complexity index is 515. The summed E-state index contributed by atoms with van der Waals surface area (Å²) in [7, 11) is 0. The first-order valence-electron chi connectivity index (χ1n) is 11.1. The lowest BCUT2D eigenvalue weighted by Gasteiger charge is -2.29. The number of fused-ring (bicyclic) bond motifs is 1. The van der Waals surface area contributed by atoms with Crippen molar-refractivity contribution in [1.29, 1.82) is 0 Å². The molecule has 1 aliphatic carbocycles. The zero-order valence-electron chi connectivity index (χ0n) is 17.8. The Morgan fingerprint density at radius 1 is 1.29 bits per heavy atom. The van der Waals surface area contributed by atoms with Crippen LogP contribution in [0.25, 0.3) is 0 Å². The summed E-state index contributed by atoms with van der Waals surface area (Å²) in [6.45, 7) is 6.00. The van der Waals surface area contributed by atoms with Crippen LogP contribution in [0.1, 0.15) is 78.6 Å². The Morgan fingerprint density at radius 3 is 2.71 bits per heavy atom. The van der Waals surface area contributed by atoms with Crippen LogP contribution < -0.4 is 0 Å². The maximum Gasteiger partial charge on any atom is 0.158 e. The Hall–Kier alpha value is -0.750. The summed E-state index contributed by atoms with van der Waals surface area (Å²) in [6.07, 6.45) is 11.2. The van der Waals surface area contributed by atoms with Gasteiger partial charge in [0.1, 0.15) is 6.61 Å². The molecule has 28 heavy (non-hydrogen) atoms. The first-order valence-corrected chi connectivity index (χ1v) is 11.1. The Balaban J connectivity index is 1.79. The third kappa shape index (κ3) is 6.38. The van der Waals surface area contributed by atoms with E-state index in [4.69, 9.17) is 9.84 Å². The first kappa shape index (κ1) is 23.5. The third-order valence-corrected chi connectivity index (χ3v) is 6.71. The molecule has 2 rings (SSSR count). The van der Waals surface area contributed by atoms with E-state index < -0.39 is 0 Å². The van der Waals surface area contributed by atoms with Crippen molar-refractivity contribution < 1.29 is 24.9 Å². The van der Waals surface area contributed by atoms with Gasteiger partial charge in [-0.25, -0.2) is 0 Å². The van der Waals surface area contributed by atoms with Gasteiger partial charge in [0.05, 0.1) is 24.4 Å². The van der Waals surface area contributed by atoms with Crippen LogP contribution in [0.5, 0.6) is 0 Å². The molecule has 0 amide bonds. The molecule has 0 spiro atoms. The van der Waals surface area contributed by atoms with Gasteiger partial charge in [-0.1, -0.05) is 45.8 Å². The minimum Gasteiger partial charge on any atom is -0.392 e. The normalized spacial score (nSPS) is 31.4. The Labute approximate surface area is 170 Å². The monoisotopic (exact) mass is 396 g/mol. The zero-order chi connectivity index (χ0) is 20.7. The molecule has 1 unspecified atom stereocenters. The van der Waals surface area contributed by atoms with Crippen LogP contribution in [-0.4, -0.2) is 52.1 Å². The van der Waals surface area contributed by atoms with Crippen molar-refractivity contribution in [2.24, 2.45) is 17.3 Å². The average Bonchev–Trinajstić information content (AvgIpc) is 3.15. The Kier molecular flexibility index (Phi) is 9.13. The van der Waals surface area contributed by atoms with E-state index in [0.717, 1.165) is 38.5 Å². The van der Waals surface area contributed by atoms with Gasteiger partial charge in [0.25, 0.3) is 0 Å². The number of carbonyl (C=O) groups excluding carboxylic acids is 1. The van der Waals surface area contributed by atoms with Gasteiger partial charge < -0.3 is 20.1 Å². The van der Waals surface area contributed by atoms with Crippen molar-refractivity contribution in [2.45, 2.75) is 103 Å². The molecule has 162 valence electrons. The molecule has 0 aromatic heterocycles. The lowest BCUT2D eigenvalue weighted by molar-refractivity contribution is -0.121. The molecule has 0 bridgehead atoms. The lowest BCUT2D eigenvalue weighted by Crippen LogP contribution is -2.28. The summed E-state index contributed by atoms with van der Waals surface area (Å²) in [5, 5.41) is 29.7. The van der Waals surface area contributed by atoms with Gasteiger partial charge in [-0.05, 0) is 43.4 Å². The van der Waals surface area contributed by atoms with Gasteiger partial charge in [-0.15, -0.1) is 0 Å². The lowest BCUT2D eigenvalue weighted by atomic mass is 9.80. The highest BCUT2D eigenvalue weighted by molar-refractivity contribution is 5.79. The summed E-state index contributed by atoms with van der Waals surface area (Å²) < 4.78 is 6.16. The van der Waals surface area contributed by atoms with Crippen molar-refractivity contribution in [3.05, 3.63) is 12.2 Å². The van der Waals surface area contributed by atoms with E-state index in [1.165, 1.54) is 0 Å². The SMILES string of the molecule is CCCC(C)(C)C(O)CC=C[C@@H]1[C@H]2C[C@H](CCCCC(=O)CO)O[C@@H]2C[C@H]1O. The molecule has 1 saturated carbocycles. The van der Waals surface area contributed by atoms with Gasteiger partial charge in [-0.3, -0.25) is 4.79 Å². The van der Waals surface area contributed by atoms with Gasteiger partial charge >= 0.3 is 0 Å². The summed E-state index contributed by atoms with van der Waals surface area (Å²) >= 11 is 0. The zero-order valence-corrected chi connectivity index (χ0v) is 17.8. The molecular formula is C23H40O5. The maximum absolute atomic E-state index is 11.2. The Morgan fingerprint density at radius 2 is 2.04 bits per heavy atom. The van der Waals surface area contributed by atoms with E-state index in [-0.39, 0.29) is 48.1 Å². The van der Waals surface area contributed by atoms with Gasteiger partial charge in [0, 0.05) is 18.8 Å². The molecule has 2 fully saturated rings. The predicted octanol–water partition coefficient (Wildman–Crippen LogP) is 3.40. The van der Waals surface area contributed by atoms with Gasteiger partial charge in [0.2, 0.25) is 0 Å². The summed E-state index contributed by atoms with van der Waals surface area (Å²) in [6, 6.07) is 0. The van der Waals surface area contributed by atoms with Crippen LogP contribution in [0.3, 0.4) is 0 Å².